The first kappa shape index (κ1) is 21.7. The van der Waals surface area contributed by atoms with Crippen LogP contribution in [0.15, 0.2) is 35.9 Å². The van der Waals surface area contributed by atoms with E-state index in [0.29, 0.717) is 25.8 Å². The molecule has 3 atom stereocenters. The van der Waals surface area contributed by atoms with Crippen LogP contribution in [-0.2, 0) is 11.2 Å². The van der Waals surface area contributed by atoms with Gasteiger partial charge in [0.1, 0.15) is 0 Å². The molecule has 28 heavy (non-hydrogen) atoms. The van der Waals surface area contributed by atoms with Crippen LogP contribution >= 0.6 is 0 Å². The quantitative estimate of drug-likeness (QED) is 0.533. The highest BCUT2D eigenvalue weighted by Crippen LogP contribution is 2.26. The average Bonchev–Trinajstić information content (AvgIpc) is 3.05. The van der Waals surface area contributed by atoms with E-state index in [1.807, 2.05) is 24.8 Å². The fourth-order valence-electron chi connectivity index (χ4n) is 3.48. The molecule has 2 rings (SSSR count). The molecule has 5 nitrogen and oxygen atoms in total. The van der Waals surface area contributed by atoms with Gasteiger partial charge in [-0.1, -0.05) is 30.7 Å². The normalized spacial score (nSPS) is 19.1. The standard InChI is InChI=1S/C23H29NO4/c1-4-5-6-16(2)21(25)15-17(3)20-11-12-22(26)24(20)14-13-18-7-9-19(10-8-18)23(27)28/h7-10,15-16,20-21,25H,6,11-14H2,1-3H3,(H,27,28)/b17-15+/t16?,20-,21-/m1/s1. The highest BCUT2D eigenvalue weighted by atomic mass is 16.4. The second kappa shape index (κ2) is 10.1. The van der Waals surface area contributed by atoms with Crippen molar-refractivity contribution in [1.29, 1.82) is 0 Å². The summed E-state index contributed by atoms with van der Waals surface area (Å²) in [7, 11) is 0. The first-order valence-electron chi connectivity index (χ1n) is 9.71. The van der Waals surface area contributed by atoms with Crippen molar-refractivity contribution < 1.29 is 19.8 Å². The molecule has 0 bridgehead atoms. The number of aliphatic hydroxyl groups excluding tert-OH is 1. The number of nitrogens with zero attached hydrogens (tertiary/aromatic N) is 1. The Labute approximate surface area is 167 Å². The average molecular weight is 383 g/mol. The van der Waals surface area contributed by atoms with Crippen LogP contribution in [0.4, 0.5) is 0 Å². The summed E-state index contributed by atoms with van der Waals surface area (Å²) in [5, 5.41) is 19.4. The third kappa shape index (κ3) is 5.71. The summed E-state index contributed by atoms with van der Waals surface area (Å²) in [5.74, 6) is 5.07. The van der Waals surface area contributed by atoms with Crippen LogP contribution in [-0.4, -0.2) is 45.7 Å². The van der Waals surface area contributed by atoms with Gasteiger partial charge in [0.15, 0.2) is 0 Å². The predicted octanol–water partition coefficient (Wildman–Crippen LogP) is 3.28. The second-order valence-electron chi connectivity index (χ2n) is 7.40. The highest BCUT2D eigenvalue weighted by molar-refractivity contribution is 5.87. The van der Waals surface area contributed by atoms with Gasteiger partial charge in [-0.25, -0.2) is 4.79 Å². The summed E-state index contributed by atoms with van der Waals surface area (Å²) in [5.41, 5.74) is 2.27. The molecule has 1 aromatic rings. The zero-order chi connectivity index (χ0) is 20.7. The number of rotatable bonds is 8. The molecule has 0 saturated carbocycles. The molecule has 0 aliphatic carbocycles. The number of aliphatic hydroxyl groups is 1. The Bertz CT molecular complexity index is 785. The number of carboxylic acid groups (broad SMARTS) is 1. The molecule has 1 aliphatic rings. The van der Waals surface area contributed by atoms with E-state index in [2.05, 4.69) is 11.8 Å². The molecule has 5 heteroatoms. The summed E-state index contributed by atoms with van der Waals surface area (Å²) >= 11 is 0. The Kier molecular flexibility index (Phi) is 7.83. The summed E-state index contributed by atoms with van der Waals surface area (Å²) in [4.78, 5) is 25.2. The molecule has 1 unspecified atom stereocenters. The highest BCUT2D eigenvalue weighted by Gasteiger charge is 2.32. The molecule has 150 valence electrons. The Morgan fingerprint density at radius 1 is 1.36 bits per heavy atom. The number of carbonyl (C=O) groups is 2. The van der Waals surface area contributed by atoms with Crippen LogP contribution in [0.3, 0.4) is 0 Å². The number of carbonyl (C=O) groups excluding carboxylic acids is 1. The minimum absolute atomic E-state index is 0.00454. The number of benzene rings is 1. The van der Waals surface area contributed by atoms with E-state index in [-0.39, 0.29) is 23.4 Å². The molecule has 0 radical (unpaired) electrons. The van der Waals surface area contributed by atoms with Crippen molar-refractivity contribution in [2.24, 2.45) is 5.92 Å². The van der Waals surface area contributed by atoms with Crippen molar-refractivity contribution in [3.8, 4) is 11.8 Å². The van der Waals surface area contributed by atoms with E-state index in [0.717, 1.165) is 17.6 Å². The predicted molar refractivity (Wildman–Crippen MR) is 109 cm³/mol. The van der Waals surface area contributed by atoms with Gasteiger partial charge in [0.05, 0.1) is 17.7 Å². The zero-order valence-corrected chi connectivity index (χ0v) is 16.8. The number of aromatic carboxylic acids is 1. The molecule has 1 aromatic carbocycles. The van der Waals surface area contributed by atoms with Crippen molar-refractivity contribution in [3.63, 3.8) is 0 Å². The summed E-state index contributed by atoms with van der Waals surface area (Å²) in [6, 6.07) is 6.76. The molecule has 1 saturated heterocycles. The van der Waals surface area contributed by atoms with Crippen LogP contribution in [0.25, 0.3) is 0 Å². The lowest BCUT2D eigenvalue weighted by Gasteiger charge is -2.27. The number of hydrogen-bond donors (Lipinski definition) is 2. The number of amides is 1. The van der Waals surface area contributed by atoms with E-state index in [1.54, 1.807) is 31.2 Å². The van der Waals surface area contributed by atoms with Gasteiger partial charge in [0.2, 0.25) is 5.91 Å². The molecule has 1 aliphatic heterocycles. The number of likely N-dealkylation sites (tertiary alicyclic amines) is 1. The fourth-order valence-corrected chi connectivity index (χ4v) is 3.48. The fraction of sp³-hybridized carbons (Fsp3) is 0.478. The lowest BCUT2D eigenvalue weighted by Crippen LogP contribution is -2.36. The van der Waals surface area contributed by atoms with Crippen molar-refractivity contribution >= 4 is 11.9 Å². The van der Waals surface area contributed by atoms with Crippen LogP contribution in [0.2, 0.25) is 0 Å². The maximum atomic E-state index is 12.4. The van der Waals surface area contributed by atoms with Gasteiger partial charge in [-0.3, -0.25) is 4.79 Å². The number of hydrogen-bond acceptors (Lipinski definition) is 3. The van der Waals surface area contributed by atoms with Gasteiger partial charge < -0.3 is 15.1 Å². The van der Waals surface area contributed by atoms with Gasteiger partial charge in [-0.05, 0) is 50.3 Å². The second-order valence-corrected chi connectivity index (χ2v) is 7.40. The zero-order valence-electron chi connectivity index (χ0n) is 16.8. The topological polar surface area (TPSA) is 77.8 Å². The first-order valence-corrected chi connectivity index (χ1v) is 9.71. The molecule has 0 aromatic heterocycles. The van der Waals surface area contributed by atoms with Gasteiger partial charge in [-0.15, -0.1) is 11.8 Å². The lowest BCUT2D eigenvalue weighted by molar-refractivity contribution is -0.128. The molecule has 1 amide bonds. The third-order valence-corrected chi connectivity index (χ3v) is 5.31. The number of carboxylic acids is 1. The minimum Gasteiger partial charge on any atom is -0.478 e. The minimum atomic E-state index is -0.945. The van der Waals surface area contributed by atoms with Gasteiger partial charge >= 0.3 is 5.97 Å². The monoisotopic (exact) mass is 383 g/mol. The Morgan fingerprint density at radius 3 is 2.64 bits per heavy atom. The van der Waals surface area contributed by atoms with Crippen molar-refractivity contribution in [3.05, 3.63) is 47.0 Å². The summed E-state index contributed by atoms with van der Waals surface area (Å²) in [6.45, 7) is 6.31. The lowest BCUT2D eigenvalue weighted by atomic mass is 9.96. The largest absolute Gasteiger partial charge is 0.478 e. The Balaban J connectivity index is 2.02. The summed E-state index contributed by atoms with van der Waals surface area (Å²) in [6.07, 6.45) is 3.86. The Morgan fingerprint density at radius 2 is 2.04 bits per heavy atom. The van der Waals surface area contributed by atoms with Crippen molar-refractivity contribution in [1.82, 2.24) is 4.90 Å². The summed E-state index contributed by atoms with van der Waals surface area (Å²) < 4.78 is 0. The van der Waals surface area contributed by atoms with E-state index >= 15 is 0 Å². The van der Waals surface area contributed by atoms with Crippen LogP contribution in [0, 0.1) is 17.8 Å². The molecule has 2 N–H and O–H groups in total. The molecule has 0 spiro atoms. The molecule has 1 heterocycles. The van der Waals surface area contributed by atoms with Gasteiger partial charge in [-0.2, -0.15) is 0 Å². The van der Waals surface area contributed by atoms with Gasteiger partial charge in [0.25, 0.3) is 0 Å². The molecular weight excluding hydrogens is 354 g/mol. The van der Waals surface area contributed by atoms with E-state index in [1.165, 1.54) is 0 Å². The van der Waals surface area contributed by atoms with Crippen LogP contribution in [0.5, 0.6) is 0 Å². The van der Waals surface area contributed by atoms with E-state index in [9.17, 15) is 14.7 Å². The maximum Gasteiger partial charge on any atom is 0.335 e. The smallest absolute Gasteiger partial charge is 0.335 e. The van der Waals surface area contributed by atoms with Crippen molar-refractivity contribution in [2.45, 2.75) is 58.6 Å². The SMILES string of the molecule is CC#CCC(C)[C@H](O)/C=C(\C)[C@H]1CCC(=O)N1CCc1ccc(C(=O)O)cc1. The Hall–Kier alpha value is -2.58. The van der Waals surface area contributed by atoms with Crippen LogP contribution < -0.4 is 0 Å². The van der Waals surface area contributed by atoms with Crippen LogP contribution in [0.1, 0.15) is 56.0 Å². The van der Waals surface area contributed by atoms with Gasteiger partial charge in [0, 0.05) is 19.4 Å². The molecular formula is C23H29NO4. The van der Waals surface area contributed by atoms with Crippen molar-refractivity contribution in [2.75, 3.05) is 6.54 Å². The third-order valence-electron chi connectivity index (χ3n) is 5.31. The molecule has 1 fully saturated rings. The first-order chi connectivity index (χ1) is 13.3. The van der Waals surface area contributed by atoms with E-state index < -0.39 is 12.1 Å². The van der Waals surface area contributed by atoms with E-state index in [4.69, 9.17) is 5.11 Å². The maximum absolute atomic E-state index is 12.4.